The van der Waals surface area contributed by atoms with Gasteiger partial charge in [-0.25, -0.2) is 4.98 Å². The van der Waals surface area contributed by atoms with E-state index in [1.807, 2.05) is 42.6 Å². The van der Waals surface area contributed by atoms with Crippen LogP contribution in [0.3, 0.4) is 0 Å². The van der Waals surface area contributed by atoms with Crippen LogP contribution >= 0.6 is 11.3 Å². The summed E-state index contributed by atoms with van der Waals surface area (Å²) in [6.07, 6.45) is 1.67. The minimum atomic E-state index is -0.147. The summed E-state index contributed by atoms with van der Waals surface area (Å²) in [6, 6.07) is 9.24. The molecule has 0 spiro atoms. The van der Waals surface area contributed by atoms with Gasteiger partial charge in [0.25, 0.3) is 5.91 Å². The highest BCUT2D eigenvalue weighted by Crippen LogP contribution is 2.19. The molecule has 2 aromatic rings. The van der Waals surface area contributed by atoms with E-state index in [-0.39, 0.29) is 17.7 Å². The van der Waals surface area contributed by atoms with Gasteiger partial charge in [0, 0.05) is 24.0 Å². The first kappa shape index (κ1) is 16.6. The van der Waals surface area contributed by atoms with Crippen LogP contribution in [0.15, 0.2) is 35.7 Å². The number of hydrogen-bond acceptors (Lipinski definition) is 4. The number of hydrogen-bond donors (Lipinski definition) is 1. The van der Waals surface area contributed by atoms with E-state index in [2.05, 4.69) is 10.3 Å². The van der Waals surface area contributed by atoms with Gasteiger partial charge in [-0.2, -0.15) is 0 Å². The van der Waals surface area contributed by atoms with Gasteiger partial charge in [-0.1, -0.05) is 18.2 Å². The molecule has 3 rings (SSSR count). The first-order chi connectivity index (χ1) is 11.6. The summed E-state index contributed by atoms with van der Waals surface area (Å²) in [6.45, 7) is 3.59. The SMILES string of the molecule is Cc1nc(CNC(=O)[C@@H]2CCCN(C(=O)c3ccccc3)C2)cs1. The average molecular weight is 343 g/mol. The lowest BCUT2D eigenvalue weighted by atomic mass is 9.96. The fourth-order valence-corrected chi connectivity index (χ4v) is 3.56. The monoisotopic (exact) mass is 343 g/mol. The molecule has 24 heavy (non-hydrogen) atoms. The third-order valence-electron chi connectivity index (χ3n) is 4.21. The number of aryl methyl sites for hydroxylation is 1. The molecule has 0 radical (unpaired) electrons. The quantitative estimate of drug-likeness (QED) is 0.928. The Morgan fingerprint density at radius 2 is 2.12 bits per heavy atom. The van der Waals surface area contributed by atoms with Crippen LogP contribution in [-0.4, -0.2) is 34.8 Å². The maximum atomic E-state index is 12.5. The van der Waals surface area contributed by atoms with Crippen LogP contribution in [-0.2, 0) is 11.3 Å². The molecule has 6 heteroatoms. The van der Waals surface area contributed by atoms with E-state index in [0.717, 1.165) is 23.5 Å². The zero-order valence-electron chi connectivity index (χ0n) is 13.7. The van der Waals surface area contributed by atoms with Gasteiger partial charge >= 0.3 is 0 Å². The highest BCUT2D eigenvalue weighted by Gasteiger charge is 2.28. The van der Waals surface area contributed by atoms with Gasteiger partial charge in [-0.15, -0.1) is 11.3 Å². The summed E-state index contributed by atoms with van der Waals surface area (Å²) in [5.74, 6) is -0.138. The van der Waals surface area contributed by atoms with Crippen molar-refractivity contribution in [1.82, 2.24) is 15.2 Å². The second kappa shape index (κ2) is 7.57. The van der Waals surface area contributed by atoms with Crippen LogP contribution in [0.4, 0.5) is 0 Å². The summed E-state index contributed by atoms with van der Waals surface area (Å²) < 4.78 is 0. The second-order valence-electron chi connectivity index (χ2n) is 6.03. The van der Waals surface area contributed by atoms with Crippen molar-refractivity contribution in [2.24, 2.45) is 5.92 Å². The largest absolute Gasteiger partial charge is 0.350 e. The number of likely N-dealkylation sites (tertiary alicyclic amines) is 1. The number of nitrogens with one attached hydrogen (secondary N) is 1. The molecule has 0 bridgehead atoms. The van der Waals surface area contributed by atoms with Gasteiger partial charge in [-0.05, 0) is 31.9 Å². The molecule has 1 aliphatic heterocycles. The third kappa shape index (κ3) is 4.00. The summed E-state index contributed by atoms with van der Waals surface area (Å²) in [5, 5.41) is 5.91. The van der Waals surface area contributed by atoms with E-state index in [1.54, 1.807) is 16.2 Å². The van der Waals surface area contributed by atoms with Crippen molar-refractivity contribution in [3.8, 4) is 0 Å². The molecule has 1 atom stereocenters. The van der Waals surface area contributed by atoms with Crippen molar-refractivity contribution in [3.05, 3.63) is 52.0 Å². The predicted octanol–water partition coefficient (Wildman–Crippen LogP) is 2.62. The Hall–Kier alpha value is -2.21. The van der Waals surface area contributed by atoms with Gasteiger partial charge in [0.2, 0.25) is 5.91 Å². The van der Waals surface area contributed by atoms with Crippen molar-refractivity contribution in [1.29, 1.82) is 0 Å². The van der Waals surface area contributed by atoms with Crippen molar-refractivity contribution in [2.45, 2.75) is 26.3 Å². The fraction of sp³-hybridized carbons (Fsp3) is 0.389. The predicted molar refractivity (Wildman–Crippen MR) is 93.8 cm³/mol. The minimum absolute atomic E-state index is 0.00299. The smallest absolute Gasteiger partial charge is 0.253 e. The molecule has 1 saturated heterocycles. The van der Waals surface area contributed by atoms with E-state index in [9.17, 15) is 9.59 Å². The van der Waals surface area contributed by atoms with Crippen LogP contribution in [0.25, 0.3) is 0 Å². The lowest BCUT2D eigenvalue weighted by Gasteiger charge is -2.32. The highest BCUT2D eigenvalue weighted by molar-refractivity contribution is 7.09. The van der Waals surface area contributed by atoms with Crippen molar-refractivity contribution in [3.63, 3.8) is 0 Å². The molecule has 1 N–H and O–H groups in total. The number of carbonyl (C=O) groups is 2. The number of amides is 2. The summed E-state index contributed by atoms with van der Waals surface area (Å²) in [4.78, 5) is 31.1. The van der Waals surface area contributed by atoms with Crippen molar-refractivity contribution in [2.75, 3.05) is 13.1 Å². The Labute approximate surface area is 145 Å². The van der Waals surface area contributed by atoms with Crippen molar-refractivity contribution >= 4 is 23.2 Å². The van der Waals surface area contributed by atoms with E-state index < -0.39 is 0 Å². The first-order valence-corrected chi connectivity index (χ1v) is 9.04. The fourth-order valence-electron chi connectivity index (χ4n) is 2.95. The minimum Gasteiger partial charge on any atom is -0.350 e. The van der Waals surface area contributed by atoms with Gasteiger partial charge in [-0.3, -0.25) is 9.59 Å². The Morgan fingerprint density at radius 1 is 1.33 bits per heavy atom. The molecule has 0 aliphatic carbocycles. The Bertz CT molecular complexity index is 714. The number of nitrogens with zero attached hydrogens (tertiary/aromatic N) is 2. The van der Waals surface area contributed by atoms with Crippen LogP contribution < -0.4 is 5.32 Å². The highest BCUT2D eigenvalue weighted by atomic mass is 32.1. The second-order valence-corrected chi connectivity index (χ2v) is 7.09. The number of carbonyl (C=O) groups excluding carboxylic acids is 2. The molecule has 1 aromatic carbocycles. The van der Waals surface area contributed by atoms with Crippen LogP contribution in [0.5, 0.6) is 0 Å². The molecule has 126 valence electrons. The summed E-state index contributed by atoms with van der Waals surface area (Å²) in [7, 11) is 0. The molecule has 0 unspecified atom stereocenters. The molecule has 1 fully saturated rings. The maximum Gasteiger partial charge on any atom is 0.253 e. The van der Waals surface area contributed by atoms with Gasteiger partial charge in [0.1, 0.15) is 0 Å². The first-order valence-electron chi connectivity index (χ1n) is 8.16. The number of rotatable bonds is 4. The zero-order valence-corrected chi connectivity index (χ0v) is 14.5. The van der Waals surface area contributed by atoms with Crippen molar-refractivity contribution < 1.29 is 9.59 Å². The Kier molecular flexibility index (Phi) is 5.25. The number of aromatic nitrogens is 1. The van der Waals surface area contributed by atoms with E-state index in [4.69, 9.17) is 0 Å². The number of thiazole rings is 1. The van der Waals surface area contributed by atoms with E-state index in [1.165, 1.54) is 0 Å². The van der Waals surface area contributed by atoms with Crippen LogP contribution in [0.2, 0.25) is 0 Å². The molecule has 2 amide bonds. The Morgan fingerprint density at radius 3 is 2.83 bits per heavy atom. The normalized spacial score (nSPS) is 17.5. The number of benzene rings is 1. The topological polar surface area (TPSA) is 62.3 Å². The Balaban J connectivity index is 1.56. The molecular weight excluding hydrogens is 322 g/mol. The van der Waals surface area contributed by atoms with Crippen LogP contribution in [0, 0.1) is 12.8 Å². The molecule has 1 aliphatic rings. The van der Waals surface area contributed by atoms with Gasteiger partial charge in [0.05, 0.1) is 23.2 Å². The molecule has 2 heterocycles. The van der Waals surface area contributed by atoms with Gasteiger partial charge in [0.15, 0.2) is 0 Å². The molecule has 0 saturated carbocycles. The lowest BCUT2D eigenvalue weighted by Crippen LogP contribution is -2.45. The molecule has 1 aromatic heterocycles. The standard InChI is InChI=1S/C18H21N3O2S/c1-13-20-16(12-24-13)10-19-17(22)15-8-5-9-21(11-15)18(23)14-6-3-2-4-7-14/h2-4,6-7,12,15H,5,8-11H2,1H3,(H,19,22)/t15-/m1/s1. The summed E-state index contributed by atoms with van der Waals surface area (Å²) in [5.41, 5.74) is 1.57. The third-order valence-corrected chi connectivity index (χ3v) is 5.03. The van der Waals surface area contributed by atoms with Crippen LogP contribution in [0.1, 0.15) is 33.9 Å². The zero-order chi connectivity index (χ0) is 16.9. The average Bonchev–Trinajstić information content (AvgIpc) is 3.05. The molecular formula is C18H21N3O2S. The number of piperidine rings is 1. The maximum absolute atomic E-state index is 12.5. The van der Waals surface area contributed by atoms with E-state index in [0.29, 0.717) is 25.2 Å². The van der Waals surface area contributed by atoms with E-state index >= 15 is 0 Å². The molecule has 5 nitrogen and oxygen atoms in total. The lowest BCUT2D eigenvalue weighted by molar-refractivity contribution is -0.126. The summed E-state index contributed by atoms with van der Waals surface area (Å²) >= 11 is 1.58. The van der Waals surface area contributed by atoms with Gasteiger partial charge < -0.3 is 10.2 Å².